The van der Waals surface area contributed by atoms with Gasteiger partial charge in [0.25, 0.3) is 0 Å². The molecule has 0 bridgehead atoms. The number of allylic oxidation sites excluding steroid dienone is 1. The Labute approximate surface area is 86.4 Å². The third-order valence-corrected chi connectivity index (χ3v) is 2.63. The van der Waals surface area contributed by atoms with Gasteiger partial charge >= 0.3 is 0 Å². The first-order chi connectivity index (χ1) is 6.41. The van der Waals surface area contributed by atoms with Crippen molar-refractivity contribution in [3.05, 3.63) is 11.9 Å². The highest BCUT2D eigenvalue weighted by molar-refractivity contribution is 7.20. The molecule has 0 heterocycles. The maximum absolute atomic E-state index is 2.63. The topological polar surface area (TPSA) is 0 Å². The molecular formula is C12H25P. The lowest BCUT2D eigenvalue weighted by Crippen LogP contribution is -1.79. The Bertz CT molecular complexity index is 108. The van der Waals surface area contributed by atoms with E-state index in [1.165, 1.54) is 57.8 Å². The minimum absolute atomic E-state index is 1.26. The lowest BCUT2D eigenvalue weighted by molar-refractivity contribution is 0.578. The zero-order chi connectivity index (χ0) is 9.78. The van der Waals surface area contributed by atoms with E-state index < -0.39 is 0 Å². The summed E-state index contributed by atoms with van der Waals surface area (Å²) in [6, 6.07) is 0. The second-order valence-electron chi connectivity index (χ2n) is 3.69. The van der Waals surface area contributed by atoms with Gasteiger partial charge in [0.05, 0.1) is 0 Å². The SMILES string of the molecule is CCCCCCCCCC/C=C/P. The van der Waals surface area contributed by atoms with Crippen molar-refractivity contribution in [1.29, 1.82) is 0 Å². The van der Waals surface area contributed by atoms with Crippen molar-refractivity contribution in [3.8, 4) is 0 Å². The van der Waals surface area contributed by atoms with Gasteiger partial charge in [0, 0.05) is 0 Å². The maximum Gasteiger partial charge on any atom is -0.0347 e. The van der Waals surface area contributed by atoms with Crippen LogP contribution in [0.25, 0.3) is 0 Å². The number of rotatable bonds is 9. The molecule has 0 aromatic rings. The van der Waals surface area contributed by atoms with Gasteiger partial charge in [0.15, 0.2) is 0 Å². The fourth-order valence-corrected chi connectivity index (χ4v) is 1.68. The molecule has 78 valence electrons. The summed E-state index contributed by atoms with van der Waals surface area (Å²) in [5.41, 5.74) is 0. The quantitative estimate of drug-likeness (QED) is 0.366. The lowest BCUT2D eigenvalue weighted by atomic mass is 10.1. The lowest BCUT2D eigenvalue weighted by Gasteiger charge is -1.99. The summed E-state index contributed by atoms with van der Waals surface area (Å²) in [6.45, 7) is 2.27. The summed E-state index contributed by atoms with van der Waals surface area (Å²) in [4.78, 5) is 0. The molecule has 0 aliphatic rings. The van der Waals surface area contributed by atoms with Crippen LogP contribution < -0.4 is 0 Å². The van der Waals surface area contributed by atoms with Gasteiger partial charge in [-0.3, -0.25) is 0 Å². The first-order valence-electron chi connectivity index (χ1n) is 5.78. The Morgan fingerprint density at radius 1 is 0.846 bits per heavy atom. The minimum atomic E-state index is 1.26. The van der Waals surface area contributed by atoms with Crippen LogP contribution in [0.4, 0.5) is 0 Å². The monoisotopic (exact) mass is 200 g/mol. The fourth-order valence-electron chi connectivity index (χ4n) is 1.49. The van der Waals surface area contributed by atoms with E-state index in [0.29, 0.717) is 0 Å². The molecule has 0 saturated carbocycles. The number of unbranched alkanes of at least 4 members (excludes halogenated alkanes) is 8. The predicted molar refractivity (Wildman–Crippen MR) is 66.1 cm³/mol. The zero-order valence-corrected chi connectivity index (χ0v) is 10.3. The largest absolute Gasteiger partial charge is 0.114 e. The second-order valence-corrected chi connectivity index (χ2v) is 4.08. The minimum Gasteiger partial charge on any atom is -0.114 e. The Balaban J connectivity index is 2.83. The maximum atomic E-state index is 2.63. The Hall–Kier alpha value is 0.170. The van der Waals surface area contributed by atoms with Crippen LogP contribution in [-0.4, -0.2) is 0 Å². The van der Waals surface area contributed by atoms with Crippen molar-refractivity contribution < 1.29 is 0 Å². The summed E-state index contributed by atoms with van der Waals surface area (Å²) < 4.78 is 0. The molecule has 1 unspecified atom stereocenters. The van der Waals surface area contributed by atoms with Crippen LogP contribution in [0.2, 0.25) is 0 Å². The fraction of sp³-hybridized carbons (Fsp3) is 0.833. The summed E-state index contributed by atoms with van der Waals surface area (Å²) >= 11 is 0. The second kappa shape index (κ2) is 12.2. The molecule has 0 N–H and O–H groups in total. The molecule has 0 aromatic carbocycles. The molecule has 0 spiro atoms. The average molecular weight is 200 g/mol. The van der Waals surface area contributed by atoms with E-state index in [1.54, 1.807) is 0 Å². The van der Waals surface area contributed by atoms with E-state index >= 15 is 0 Å². The zero-order valence-electron chi connectivity index (χ0n) is 9.10. The Kier molecular flexibility index (Phi) is 12.3. The van der Waals surface area contributed by atoms with Gasteiger partial charge in [-0.2, -0.15) is 0 Å². The van der Waals surface area contributed by atoms with Crippen molar-refractivity contribution in [2.24, 2.45) is 0 Å². The number of hydrogen-bond donors (Lipinski definition) is 0. The molecule has 0 radical (unpaired) electrons. The normalized spacial score (nSPS) is 11.2. The highest BCUT2D eigenvalue weighted by Gasteiger charge is 1.89. The standard InChI is InChI=1S/C12H25P/c1-2-3-4-5-6-7-8-9-10-11-12-13/h11-12H,2-10,13H2,1H3/b12-11+. The summed E-state index contributed by atoms with van der Waals surface area (Å²) in [5.74, 6) is 2.07. The van der Waals surface area contributed by atoms with Gasteiger partial charge in [0.1, 0.15) is 0 Å². The third-order valence-electron chi connectivity index (χ3n) is 2.36. The molecule has 13 heavy (non-hydrogen) atoms. The predicted octanol–water partition coefficient (Wildman–Crippen LogP) is 4.91. The van der Waals surface area contributed by atoms with E-state index in [4.69, 9.17) is 0 Å². The third kappa shape index (κ3) is 12.2. The van der Waals surface area contributed by atoms with Crippen molar-refractivity contribution in [2.75, 3.05) is 0 Å². The van der Waals surface area contributed by atoms with Crippen LogP contribution in [0.3, 0.4) is 0 Å². The van der Waals surface area contributed by atoms with E-state index in [2.05, 4.69) is 28.1 Å². The molecule has 1 atom stereocenters. The summed E-state index contributed by atoms with van der Waals surface area (Å²) in [7, 11) is 2.63. The van der Waals surface area contributed by atoms with Gasteiger partial charge in [-0.25, -0.2) is 0 Å². The average Bonchev–Trinajstić information content (AvgIpc) is 2.16. The van der Waals surface area contributed by atoms with Crippen LogP contribution in [0, 0.1) is 0 Å². The molecule has 0 aliphatic carbocycles. The summed E-state index contributed by atoms with van der Waals surface area (Å²) in [6.07, 6.45) is 14.9. The van der Waals surface area contributed by atoms with Crippen molar-refractivity contribution >= 4 is 9.24 Å². The molecule has 0 nitrogen and oxygen atoms in total. The van der Waals surface area contributed by atoms with E-state index in [-0.39, 0.29) is 0 Å². The molecule has 1 heteroatoms. The molecule has 0 rings (SSSR count). The molecule has 0 fully saturated rings. The first kappa shape index (κ1) is 13.2. The van der Waals surface area contributed by atoms with Gasteiger partial charge < -0.3 is 0 Å². The number of hydrogen-bond acceptors (Lipinski definition) is 0. The van der Waals surface area contributed by atoms with Crippen LogP contribution >= 0.6 is 9.24 Å². The van der Waals surface area contributed by atoms with Gasteiger partial charge in [-0.05, 0) is 12.8 Å². The Morgan fingerprint density at radius 2 is 1.38 bits per heavy atom. The Morgan fingerprint density at radius 3 is 1.92 bits per heavy atom. The van der Waals surface area contributed by atoms with Crippen molar-refractivity contribution in [2.45, 2.75) is 64.7 Å². The molecule has 0 amide bonds. The molecule has 0 aliphatic heterocycles. The first-order valence-corrected chi connectivity index (χ1v) is 6.45. The summed E-state index contributed by atoms with van der Waals surface area (Å²) in [5, 5.41) is 0. The van der Waals surface area contributed by atoms with E-state index in [1.807, 2.05) is 0 Å². The highest BCUT2D eigenvalue weighted by atomic mass is 31.0. The van der Waals surface area contributed by atoms with Gasteiger partial charge in [-0.1, -0.05) is 63.8 Å². The van der Waals surface area contributed by atoms with Gasteiger partial charge in [-0.15, -0.1) is 9.24 Å². The van der Waals surface area contributed by atoms with Crippen LogP contribution in [-0.2, 0) is 0 Å². The van der Waals surface area contributed by atoms with Crippen LogP contribution in [0.5, 0.6) is 0 Å². The van der Waals surface area contributed by atoms with Crippen LogP contribution in [0.1, 0.15) is 64.7 Å². The van der Waals surface area contributed by atoms with Gasteiger partial charge in [0.2, 0.25) is 0 Å². The smallest absolute Gasteiger partial charge is 0.0347 e. The molecule has 0 saturated heterocycles. The van der Waals surface area contributed by atoms with Crippen molar-refractivity contribution in [1.82, 2.24) is 0 Å². The highest BCUT2D eigenvalue weighted by Crippen LogP contribution is 2.09. The van der Waals surface area contributed by atoms with Crippen molar-refractivity contribution in [3.63, 3.8) is 0 Å². The van der Waals surface area contributed by atoms with E-state index in [9.17, 15) is 0 Å². The molecule has 0 aromatic heterocycles. The van der Waals surface area contributed by atoms with Crippen LogP contribution in [0.15, 0.2) is 11.9 Å². The molecular weight excluding hydrogens is 175 g/mol. The van der Waals surface area contributed by atoms with E-state index in [0.717, 1.165) is 0 Å².